The van der Waals surface area contributed by atoms with Gasteiger partial charge in [0, 0.05) is 6.61 Å². The van der Waals surface area contributed by atoms with Crippen molar-refractivity contribution in [2.45, 2.75) is 64.6 Å². The molecular formula is C15H28O3. The van der Waals surface area contributed by atoms with Gasteiger partial charge in [-0.05, 0) is 55.3 Å². The van der Waals surface area contributed by atoms with Crippen LogP contribution in [0.4, 0.5) is 0 Å². The van der Waals surface area contributed by atoms with E-state index in [4.69, 9.17) is 0 Å². The van der Waals surface area contributed by atoms with E-state index in [1.165, 1.54) is 0 Å². The fourth-order valence-corrected chi connectivity index (χ4v) is 4.44. The maximum atomic E-state index is 11.0. The zero-order valence-corrected chi connectivity index (χ0v) is 11.9. The van der Waals surface area contributed by atoms with Gasteiger partial charge in [-0.1, -0.05) is 20.8 Å². The van der Waals surface area contributed by atoms with Crippen molar-refractivity contribution in [1.29, 1.82) is 0 Å². The highest BCUT2D eigenvalue weighted by Crippen LogP contribution is 2.58. The number of aliphatic hydroxyl groups is 3. The van der Waals surface area contributed by atoms with E-state index < -0.39 is 11.7 Å². The third kappa shape index (κ3) is 2.00. The molecule has 3 heteroatoms. The van der Waals surface area contributed by atoms with E-state index >= 15 is 0 Å². The Balaban J connectivity index is 2.27. The lowest BCUT2D eigenvalue weighted by molar-refractivity contribution is -0.121. The Labute approximate surface area is 110 Å². The summed E-state index contributed by atoms with van der Waals surface area (Å²) in [6, 6.07) is 0. The first-order valence-electron chi connectivity index (χ1n) is 7.36. The van der Waals surface area contributed by atoms with Crippen molar-refractivity contribution in [1.82, 2.24) is 0 Å². The highest BCUT2D eigenvalue weighted by Gasteiger charge is 2.60. The Morgan fingerprint density at radius 3 is 2.44 bits per heavy atom. The smallest absolute Gasteiger partial charge is 0.0961 e. The van der Waals surface area contributed by atoms with Crippen molar-refractivity contribution >= 4 is 0 Å². The predicted octanol–water partition coefficient (Wildman–Crippen LogP) is 1.94. The SMILES string of the molecule is CC(C)C1(O)C(O)CC2(C)CCC(CO)CCC21. The summed E-state index contributed by atoms with van der Waals surface area (Å²) in [4.78, 5) is 0. The quantitative estimate of drug-likeness (QED) is 0.707. The normalized spacial score (nSPS) is 49.2. The predicted molar refractivity (Wildman–Crippen MR) is 71.1 cm³/mol. The van der Waals surface area contributed by atoms with Gasteiger partial charge in [-0.2, -0.15) is 0 Å². The van der Waals surface area contributed by atoms with Crippen LogP contribution in [0.3, 0.4) is 0 Å². The van der Waals surface area contributed by atoms with E-state index in [2.05, 4.69) is 6.92 Å². The van der Waals surface area contributed by atoms with Gasteiger partial charge in [-0.15, -0.1) is 0 Å². The molecule has 3 N–H and O–H groups in total. The summed E-state index contributed by atoms with van der Waals surface area (Å²) in [6.07, 6.45) is 4.02. The van der Waals surface area contributed by atoms with Crippen LogP contribution in [0.5, 0.6) is 0 Å². The van der Waals surface area contributed by atoms with Gasteiger partial charge in [-0.25, -0.2) is 0 Å². The zero-order chi connectivity index (χ0) is 13.6. The van der Waals surface area contributed by atoms with E-state index in [0.717, 1.165) is 25.7 Å². The van der Waals surface area contributed by atoms with Crippen molar-refractivity contribution in [3.05, 3.63) is 0 Å². The summed E-state index contributed by atoms with van der Waals surface area (Å²) in [6.45, 7) is 6.47. The summed E-state index contributed by atoms with van der Waals surface area (Å²) in [5.74, 6) is 0.613. The van der Waals surface area contributed by atoms with Gasteiger partial charge in [0.25, 0.3) is 0 Å². The molecule has 3 nitrogen and oxygen atoms in total. The number of fused-ring (bicyclic) bond motifs is 1. The minimum absolute atomic E-state index is 0.0301. The first-order valence-corrected chi connectivity index (χ1v) is 7.36. The van der Waals surface area contributed by atoms with Gasteiger partial charge in [0.05, 0.1) is 11.7 Å². The molecule has 2 fully saturated rings. The third-order valence-corrected chi connectivity index (χ3v) is 5.76. The van der Waals surface area contributed by atoms with E-state index in [9.17, 15) is 15.3 Å². The summed E-state index contributed by atoms with van der Waals surface area (Å²) in [7, 11) is 0. The lowest BCUT2D eigenvalue weighted by Crippen LogP contribution is -2.49. The van der Waals surface area contributed by atoms with Crippen LogP contribution in [0.25, 0.3) is 0 Å². The standard InChI is InChI=1S/C15H28O3/c1-10(2)15(18)12-5-4-11(9-16)6-7-14(12,3)8-13(15)17/h10-13,16-18H,4-9H2,1-3H3. The van der Waals surface area contributed by atoms with Crippen LogP contribution < -0.4 is 0 Å². The molecule has 5 unspecified atom stereocenters. The molecule has 2 rings (SSSR count). The molecule has 0 aliphatic heterocycles. The van der Waals surface area contributed by atoms with E-state index in [-0.39, 0.29) is 23.9 Å². The molecule has 0 heterocycles. The largest absolute Gasteiger partial charge is 0.396 e. The number of hydrogen-bond acceptors (Lipinski definition) is 3. The summed E-state index contributed by atoms with van der Waals surface area (Å²) < 4.78 is 0. The van der Waals surface area contributed by atoms with Gasteiger partial charge in [0.15, 0.2) is 0 Å². The van der Waals surface area contributed by atoms with Crippen LogP contribution in [0, 0.1) is 23.2 Å². The van der Waals surface area contributed by atoms with Crippen LogP contribution >= 0.6 is 0 Å². The fourth-order valence-electron chi connectivity index (χ4n) is 4.44. The molecule has 0 spiro atoms. The molecule has 0 aromatic rings. The van der Waals surface area contributed by atoms with Crippen LogP contribution in [0.15, 0.2) is 0 Å². The highest BCUT2D eigenvalue weighted by molar-refractivity contribution is 5.10. The van der Waals surface area contributed by atoms with Crippen molar-refractivity contribution in [2.24, 2.45) is 23.2 Å². The molecule has 2 aliphatic rings. The van der Waals surface area contributed by atoms with Crippen LogP contribution in [0.2, 0.25) is 0 Å². The Bertz CT molecular complexity index is 304. The van der Waals surface area contributed by atoms with Gasteiger partial charge in [0.1, 0.15) is 0 Å². The number of rotatable bonds is 2. The molecule has 0 aromatic carbocycles. The van der Waals surface area contributed by atoms with E-state index in [0.29, 0.717) is 12.3 Å². The first-order chi connectivity index (χ1) is 8.34. The van der Waals surface area contributed by atoms with Gasteiger partial charge < -0.3 is 15.3 Å². The highest BCUT2D eigenvalue weighted by atomic mass is 16.3. The summed E-state index contributed by atoms with van der Waals surface area (Å²) in [5, 5.41) is 30.6. The molecule has 5 atom stereocenters. The molecule has 0 bridgehead atoms. The number of aliphatic hydroxyl groups excluding tert-OH is 2. The van der Waals surface area contributed by atoms with Crippen molar-refractivity contribution < 1.29 is 15.3 Å². The topological polar surface area (TPSA) is 60.7 Å². The molecule has 0 saturated heterocycles. The summed E-state index contributed by atoms with van der Waals surface area (Å²) >= 11 is 0. The Kier molecular flexibility index (Phi) is 3.79. The fraction of sp³-hybridized carbons (Fsp3) is 1.00. The monoisotopic (exact) mass is 256 g/mol. The van der Waals surface area contributed by atoms with Crippen LogP contribution in [-0.2, 0) is 0 Å². The van der Waals surface area contributed by atoms with E-state index in [1.54, 1.807) is 0 Å². The first kappa shape index (κ1) is 14.3. The Morgan fingerprint density at radius 2 is 1.89 bits per heavy atom. The maximum Gasteiger partial charge on any atom is 0.0961 e. The lowest BCUT2D eigenvalue weighted by Gasteiger charge is -2.40. The molecule has 2 aliphatic carbocycles. The average molecular weight is 256 g/mol. The Hall–Kier alpha value is -0.120. The van der Waals surface area contributed by atoms with Gasteiger partial charge >= 0.3 is 0 Å². The van der Waals surface area contributed by atoms with Crippen LogP contribution in [-0.4, -0.2) is 33.6 Å². The molecule has 0 aromatic heterocycles. The van der Waals surface area contributed by atoms with Crippen molar-refractivity contribution in [3.63, 3.8) is 0 Å². The molecule has 106 valence electrons. The van der Waals surface area contributed by atoms with Gasteiger partial charge in [-0.3, -0.25) is 0 Å². The molecule has 2 saturated carbocycles. The molecular weight excluding hydrogens is 228 g/mol. The molecule has 0 amide bonds. The second-order valence-corrected chi connectivity index (χ2v) is 7.13. The Morgan fingerprint density at radius 1 is 1.22 bits per heavy atom. The summed E-state index contributed by atoms with van der Waals surface area (Å²) in [5.41, 5.74) is -0.915. The maximum absolute atomic E-state index is 11.0. The minimum Gasteiger partial charge on any atom is -0.396 e. The molecule has 18 heavy (non-hydrogen) atoms. The number of hydrogen-bond donors (Lipinski definition) is 3. The van der Waals surface area contributed by atoms with E-state index in [1.807, 2.05) is 13.8 Å². The van der Waals surface area contributed by atoms with Crippen LogP contribution in [0.1, 0.15) is 52.9 Å². The average Bonchev–Trinajstić information content (AvgIpc) is 2.44. The van der Waals surface area contributed by atoms with Crippen molar-refractivity contribution in [2.75, 3.05) is 6.61 Å². The third-order valence-electron chi connectivity index (χ3n) is 5.76. The molecule has 0 radical (unpaired) electrons. The lowest BCUT2D eigenvalue weighted by atomic mass is 9.69. The van der Waals surface area contributed by atoms with Crippen molar-refractivity contribution in [3.8, 4) is 0 Å². The van der Waals surface area contributed by atoms with Gasteiger partial charge in [0.2, 0.25) is 0 Å². The second-order valence-electron chi connectivity index (χ2n) is 7.13. The zero-order valence-electron chi connectivity index (χ0n) is 11.9. The minimum atomic E-state index is -0.945. The second kappa shape index (κ2) is 4.77.